The molecule has 1 aromatic heterocycles. The van der Waals surface area contributed by atoms with Gasteiger partial charge in [0.2, 0.25) is 5.89 Å². The maximum absolute atomic E-state index is 11.6. The first-order chi connectivity index (χ1) is 14.1. The lowest BCUT2D eigenvalue weighted by Gasteiger charge is -2.07. The topological polar surface area (TPSA) is 92.9 Å². The van der Waals surface area contributed by atoms with E-state index in [0.29, 0.717) is 46.3 Å². The van der Waals surface area contributed by atoms with Crippen LogP contribution in [0.1, 0.15) is 10.4 Å². The van der Waals surface area contributed by atoms with E-state index in [4.69, 9.17) is 23.4 Å². The predicted octanol–water partition coefficient (Wildman–Crippen LogP) is 3.71. The lowest BCUT2D eigenvalue weighted by molar-refractivity contribution is 0.0600. The van der Waals surface area contributed by atoms with Crippen LogP contribution in [0.2, 0.25) is 0 Å². The van der Waals surface area contributed by atoms with Gasteiger partial charge in [0.15, 0.2) is 11.5 Å². The average molecular weight is 416 g/mol. The largest absolute Gasteiger partial charge is 0.493 e. The summed E-state index contributed by atoms with van der Waals surface area (Å²) in [5.74, 6) is 2.37. The van der Waals surface area contributed by atoms with Gasteiger partial charge in [-0.3, -0.25) is 0 Å². The van der Waals surface area contributed by atoms with Crippen LogP contribution in [0.25, 0.3) is 11.5 Å². The zero-order chi connectivity index (χ0) is 20.6. The molecule has 0 aliphatic rings. The van der Waals surface area contributed by atoms with E-state index >= 15 is 0 Å². The fourth-order valence-electron chi connectivity index (χ4n) is 2.47. The zero-order valence-corrected chi connectivity index (χ0v) is 17.0. The van der Waals surface area contributed by atoms with Crippen LogP contribution in [-0.4, -0.2) is 49.9 Å². The highest BCUT2D eigenvalue weighted by Crippen LogP contribution is 2.32. The Balaban J connectivity index is 1.54. The summed E-state index contributed by atoms with van der Waals surface area (Å²) in [5.41, 5.74) is 1.17. The first kappa shape index (κ1) is 20.5. The molecule has 3 aromatic rings. The molecule has 0 unspecified atom stereocenters. The molecule has 0 bridgehead atoms. The van der Waals surface area contributed by atoms with Gasteiger partial charge in [-0.2, -0.15) is 0 Å². The summed E-state index contributed by atoms with van der Waals surface area (Å²) in [5, 5.41) is 8.54. The van der Waals surface area contributed by atoms with Crippen LogP contribution in [0, 0.1) is 0 Å². The van der Waals surface area contributed by atoms with Crippen LogP contribution >= 0.6 is 11.8 Å². The molecule has 8 nitrogen and oxygen atoms in total. The normalized spacial score (nSPS) is 10.4. The van der Waals surface area contributed by atoms with Gasteiger partial charge in [-0.15, -0.1) is 10.2 Å². The molecule has 152 valence electrons. The van der Waals surface area contributed by atoms with Crippen LogP contribution in [0.3, 0.4) is 0 Å². The van der Waals surface area contributed by atoms with E-state index in [0.717, 1.165) is 5.56 Å². The van der Waals surface area contributed by atoms with E-state index in [1.165, 1.54) is 18.9 Å². The van der Waals surface area contributed by atoms with Gasteiger partial charge in [0.25, 0.3) is 5.22 Å². The maximum atomic E-state index is 11.6. The molecule has 0 aliphatic heterocycles. The Morgan fingerprint density at radius 3 is 2.62 bits per heavy atom. The van der Waals surface area contributed by atoms with E-state index in [-0.39, 0.29) is 0 Å². The number of methoxy groups -OCH3 is 3. The van der Waals surface area contributed by atoms with E-state index in [2.05, 4.69) is 10.2 Å². The summed E-state index contributed by atoms with van der Waals surface area (Å²) in [6, 6.07) is 12.2. The van der Waals surface area contributed by atoms with Gasteiger partial charge in [-0.25, -0.2) is 4.79 Å². The number of carbonyl (C=O) groups excluding carboxylic acids is 1. The number of rotatable bonds is 9. The quantitative estimate of drug-likeness (QED) is 0.294. The highest BCUT2D eigenvalue weighted by molar-refractivity contribution is 7.99. The second-order valence-electron chi connectivity index (χ2n) is 5.66. The Kier molecular flexibility index (Phi) is 6.96. The molecular weight excluding hydrogens is 396 g/mol. The summed E-state index contributed by atoms with van der Waals surface area (Å²) in [6.45, 7) is 0.406. The molecule has 9 heteroatoms. The molecule has 0 saturated heterocycles. The number of ether oxygens (including phenoxy) is 4. The zero-order valence-electron chi connectivity index (χ0n) is 16.2. The van der Waals surface area contributed by atoms with Gasteiger partial charge >= 0.3 is 5.97 Å². The molecule has 0 saturated carbocycles. The molecule has 0 spiro atoms. The average Bonchev–Trinajstić information content (AvgIpc) is 3.24. The second kappa shape index (κ2) is 9.83. The van der Waals surface area contributed by atoms with Gasteiger partial charge in [0.05, 0.1) is 33.5 Å². The van der Waals surface area contributed by atoms with Crippen molar-refractivity contribution in [1.82, 2.24) is 10.2 Å². The van der Waals surface area contributed by atoms with E-state index in [1.54, 1.807) is 50.6 Å². The lowest BCUT2D eigenvalue weighted by atomic mass is 10.2. The van der Waals surface area contributed by atoms with Gasteiger partial charge < -0.3 is 23.4 Å². The first-order valence-electron chi connectivity index (χ1n) is 8.64. The number of hydrogen-bond donors (Lipinski definition) is 0. The maximum Gasteiger partial charge on any atom is 0.337 e. The minimum absolute atomic E-state index is 0.389. The minimum atomic E-state index is -0.404. The van der Waals surface area contributed by atoms with Crippen LogP contribution in [0.5, 0.6) is 17.2 Å². The number of esters is 1. The van der Waals surface area contributed by atoms with Crippen molar-refractivity contribution in [2.24, 2.45) is 0 Å². The Morgan fingerprint density at radius 2 is 1.86 bits per heavy atom. The van der Waals surface area contributed by atoms with Crippen LogP contribution < -0.4 is 14.2 Å². The number of carbonyl (C=O) groups is 1. The summed E-state index contributed by atoms with van der Waals surface area (Å²) in [7, 11) is 4.48. The summed E-state index contributed by atoms with van der Waals surface area (Å²) < 4.78 is 26.6. The summed E-state index contributed by atoms with van der Waals surface area (Å²) in [4.78, 5) is 11.6. The molecule has 0 aliphatic carbocycles. The highest BCUT2D eigenvalue weighted by atomic mass is 32.2. The molecular formula is C20H20N2O6S. The van der Waals surface area contributed by atoms with Crippen LogP contribution in [0.4, 0.5) is 0 Å². The fourth-order valence-corrected chi connectivity index (χ4v) is 3.05. The monoisotopic (exact) mass is 416 g/mol. The Bertz CT molecular complexity index is 975. The molecule has 0 amide bonds. The number of benzene rings is 2. The number of aromatic nitrogens is 2. The molecule has 1 heterocycles. The predicted molar refractivity (Wildman–Crippen MR) is 107 cm³/mol. The minimum Gasteiger partial charge on any atom is -0.493 e. The van der Waals surface area contributed by atoms with Crippen molar-refractivity contribution in [2.75, 3.05) is 33.7 Å². The second-order valence-corrected chi connectivity index (χ2v) is 6.71. The standard InChI is InChI=1S/C20H20N2O6S/c1-24-16-8-7-13(12-17(16)25-2)18-21-22-20(28-18)29-10-9-27-15-6-4-5-14(11-15)19(23)26-3/h4-8,11-12H,9-10H2,1-3H3. The molecule has 0 radical (unpaired) electrons. The van der Waals surface area contributed by atoms with E-state index in [1.807, 2.05) is 6.07 Å². The fraction of sp³-hybridized carbons (Fsp3) is 0.250. The molecule has 0 atom stereocenters. The number of thioether (sulfide) groups is 1. The van der Waals surface area contributed by atoms with Gasteiger partial charge in [-0.05, 0) is 36.4 Å². The van der Waals surface area contributed by atoms with Gasteiger partial charge in [0.1, 0.15) is 5.75 Å². The van der Waals surface area contributed by atoms with Crippen molar-refractivity contribution in [3.8, 4) is 28.7 Å². The summed E-state index contributed by atoms with van der Waals surface area (Å²) >= 11 is 1.37. The third kappa shape index (κ3) is 5.20. The smallest absolute Gasteiger partial charge is 0.337 e. The molecule has 0 fully saturated rings. The molecule has 2 aromatic carbocycles. The molecule has 3 rings (SSSR count). The van der Waals surface area contributed by atoms with Crippen molar-refractivity contribution >= 4 is 17.7 Å². The highest BCUT2D eigenvalue weighted by Gasteiger charge is 2.13. The van der Waals surface area contributed by atoms with Crippen LogP contribution in [0.15, 0.2) is 52.1 Å². The van der Waals surface area contributed by atoms with Crippen molar-refractivity contribution in [3.05, 3.63) is 48.0 Å². The van der Waals surface area contributed by atoms with Crippen molar-refractivity contribution in [1.29, 1.82) is 0 Å². The first-order valence-corrected chi connectivity index (χ1v) is 9.63. The van der Waals surface area contributed by atoms with E-state index < -0.39 is 5.97 Å². The number of nitrogens with zero attached hydrogens (tertiary/aromatic N) is 2. The Labute approximate surface area is 172 Å². The van der Waals surface area contributed by atoms with Crippen molar-refractivity contribution in [3.63, 3.8) is 0 Å². The third-order valence-electron chi connectivity index (χ3n) is 3.87. The van der Waals surface area contributed by atoms with E-state index in [9.17, 15) is 4.79 Å². The molecule has 0 N–H and O–H groups in total. The Hall–Kier alpha value is -3.20. The van der Waals surface area contributed by atoms with Crippen molar-refractivity contribution < 1.29 is 28.2 Å². The van der Waals surface area contributed by atoms with Gasteiger partial charge in [0, 0.05) is 11.3 Å². The summed E-state index contributed by atoms with van der Waals surface area (Å²) in [6.07, 6.45) is 0. The lowest BCUT2D eigenvalue weighted by Crippen LogP contribution is -2.03. The van der Waals surface area contributed by atoms with Gasteiger partial charge in [-0.1, -0.05) is 17.8 Å². The SMILES string of the molecule is COC(=O)c1cccc(OCCSc2nnc(-c3ccc(OC)c(OC)c3)o2)c1. The van der Waals surface area contributed by atoms with Crippen molar-refractivity contribution in [2.45, 2.75) is 5.22 Å². The number of hydrogen-bond acceptors (Lipinski definition) is 9. The third-order valence-corrected chi connectivity index (χ3v) is 4.65. The Morgan fingerprint density at radius 1 is 1.03 bits per heavy atom. The van der Waals surface area contributed by atoms with Crippen LogP contribution in [-0.2, 0) is 4.74 Å². The molecule has 29 heavy (non-hydrogen) atoms.